The van der Waals surface area contributed by atoms with Crippen molar-refractivity contribution in [3.05, 3.63) is 11.1 Å². The molecule has 0 aromatic carbocycles. The molecule has 1 aromatic heterocycles. The number of aliphatic carboxylic acids is 1. The van der Waals surface area contributed by atoms with Crippen LogP contribution in [-0.2, 0) is 4.79 Å². The molecule has 0 aliphatic carbocycles. The highest BCUT2D eigenvalue weighted by molar-refractivity contribution is 8.01. The Morgan fingerprint density at radius 3 is 2.87 bits per heavy atom. The zero-order valence-electron chi connectivity index (χ0n) is 8.90. The molecule has 0 radical (unpaired) electrons. The van der Waals surface area contributed by atoms with Crippen molar-refractivity contribution in [1.82, 2.24) is 10.3 Å². The zero-order valence-corrected chi connectivity index (χ0v) is 10.5. The number of thiazole rings is 1. The fourth-order valence-electron chi connectivity index (χ4n) is 0.846. The average molecular weight is 246 g/mol. The van der Waals surface area contributed by atoms with Crippen LogP contribution in [0.4, 0.5) is 0 Å². The minimum Gasteiger partial charge on any atom is -0.480 e. The Kier molecular flexibility index (Phi) is 4.12. The normalized spacial score (nSPS) is 14.9. The topological polar surface area (TPSA) is 62.2 Å². The Hall–Kier alpha value is -0.590. The molecule has 1 atom stereocenters. The number of thioether (sulfide) groups is 1. The fourth-order valence-corrected chi connectivity index (χ4v) is 2.85. The third-order valence-electron chi connectivity index (χ3n) is 2.11. The minimum atomic E-state index is -0.899. The summed E-state index contributed by atoms with van der Waals surface area (Å²) in [6, 6.07) is 0. The second kappa shape index (κ2) is 4.96. The van der Waals surface area contributed by atoms with Gasteiger partial charge in [0.1, 0.15) is 9.88 Å². The van der Waals surface area contributed by atoms with Crippen LogP contribution in [0.3, 0.4) is 0 Å². The molecule has 0 saturated carbocycles. The lowest BCUT2D eigenvalue weighted by atomic mass is 10.1. The van der Waals surface area contributed by atoms with Gasteiger partial charge in [-0.15, -0.1) is 11.3 Å². The molecule has 15 heavy (non-hydrogen) atoms. The fraction of sp³-hybridized carbons (Fsp3) is 0.556. The molecular formula is C9H14N2O2S2. The van der Waals surface area contributed by atoms with E-state index in [2.05, 4.69) is 10.3 Å². The van der Waals surface area contributed by atoms with Crippen LogP contribution >= 0.6 is 23.1 Å². The molecule has 0 fully saturated rings. The number of carboxylic acids is 1. The smallest absolute Gasteiger partial charge is 0.324 e. The highest BCUT2D eigenvalue weighted by Crippen LogP contribution is 2.25. The number of aromatic nitrogens is 1. The van der Waals surface area contributed by atoms with Crippen LogP contribution in [0, 0.1) is 6.92 Å². The van der Waals surface area contributed by atoms with Gasteiger partial charge < -0.3 is 10.4 Å². The summed E-state index contributed by atoms with van der Waals surface area (Å²) >= 11 is 3.01. The van der Waals surface area contributed by atoms with Gasteiger partial charge >= 0.3 is 5.97 Å². The second-order valence-corrected chi connectivity index (χ2v) is 5.51. The van der Waals surface area contributed by atoms with Crippen LogP contribution in [0.5, 0.6) is 0 Å². The lowest BCUT2D eigenvalue weighted by Gasteiger charge is -2.22. The van der Waals surface area contributed by atoms with Gasteiger partial charge in [0.25, 0.3) is 0 Å². The molecule has 84 valence electrons. The number of carbonyl (C=O) groups is 1. The van der Waals surface area contributed by atoms with Crippen molar-refractivity contribution in [2.24, 2.45) is 0 Å². The number of carboxylic acid groups (broad SMARTS) is 1. The van der Waals surface area contributed by atoms with Crippen molar-refractivity contribution in [3.8, 4) is 0 Å². The van der Waals surface area contributed by atoms with Gasteiger partial charge in [0.05, 0.1) is 0 Å². The van der Waals surface area contributed by atoms with E-state index in [0.29, 0.717) is 5.75 Å². The molecular weight excluding hydrogens is 232 g/mol. The van der Waals surface area contributed by atoms with E-state index in [-0.39, 0.29) is 0 Å². The maximum absolute atomic E-state index is 11.0. The van der Waals surface area contributed by atoms with Crippen LogP contribution in [0.25, 0.3) is 0 Å². The first kappa shape index (κ1) is 12.5. The lowest BCUT2D eigenvalue weighted by molar-refractivity contribution is -0.142. The molecule has 0 amide bonds. The summed E-state index contributed by atoms with van der Waals surface area (Å²) in [5.74, 6) is -0.378. The van der Waals surface area contributed by atoms with Crippen molar-refractivity contribution in [2.75, 3.05) is 12.8 Å². The maximum atomic E-state index is 11.0. The third-order valence-corrected chi connectivity index (χ3v) is 4.56. The highest BCUT2D eigenvalue weighted by Gasteiger charge is 2.31. The van der Waals surface area contributed by atoms with Gasteiger partial charge in [-0.25, -0.2) is 4.98 Å². The second-order valence-electron chi connectivity index (χ2n) is 3.43. The molecule has 1 rings (SSSR count). The number of nitrogens with one attached hydrogen (secondary N) is 1. The average Bonchev–Trinajstić information content (AvgIpc) is 2.60. The van der Waals surface area contributed by atoms with Crippen molar-refractivity contribution < 1.29 is 9.90 Å². The van der Waals surface area contributed by atoms with E-state index in [1.807, 2.05) is 12.3 Å². The summed E-state index contributed by atoms with van der Waals surface area (Å²) in [5, 5.41) is 13.8. The number of hydrogen-bond donors (Lipinski definition) is 2. The summed E-state index contributed by atoms with van der Waals surface area (Å²) in [6.07, 6.45) is 0. The van der Waals surface area contributed by atoms with Gasteiger partial charge in [0.15, 0.2) is 0 Å². The van der Waals surface area contributed by atoms with Crippen LogP contribution in [0.2, 0.25) is 0 Å². The lowest BCUT2D eigenvalue weighted by Crippen LogP contribution is -2.49. The number of nitrogens with zero attached hydrogens (tertiary/aromatic N) is 1. The highest BCUT2D eigenvalue weighted by atomic mass is 32.2. The van der Waals surface area contributed by atoms with E-state index in [0.717, 1.165) is 10.0 Å². The Balaban J connectivity index is 2.59. The Morgan fingerprint density at radius 2 is 2.47 bits per heavy atom. The maximum Gasteiger partial charge on any atom is 0.324 e. The van der Waals surface area contributed by atoms with Crippen LogP contribution in [-0.4, -0.2) is 34.4 Å². The first-order chi connectivity index (χ1) is 6.98. The van der Waals surface area contributed by atoms with Gasteiger partial charge in [-0.3, -0.25) is 4.79 Å². The van der Waals surface area contributed by atoms with Gasteiger partial charge in [-0.05, 0) is 20.9 Å². The van der Waals surface area contributed by atoms with Crippen molar-refractivity contribution >= 4 is 29.1 Å². The molecule has 6 heteroatoms. The predicted molar refractivity (Wildman–Crippen MR) is 62.7 cm³/mol. The summed E-state index contributed by atoms with van der Waals surface area (Å²) in [5.41, 5.74) is 0.0773. The van der Waals surface area contributed by atoms with Crippen LogP contribution in [0.15, 0.2) is 9.72 Å². The molecule has 0 saturated heterocycles. The number of rotatable bonds is 5. The Bertz CT molecular complexity index is 354. The molecule has 0 spiro atoms. The molecule has 1 heterocycles. The van der Waals surface area contributed by atoms with E-state index in [1.165, 1.54) is 11.8 Å². The monoisotopic (exact) mass is 246 g/mol. The molecule has 2 N–H and O–H groups in total. The Morgan fingerprint density at radius 1 is 1.80 bits per heavy atom. The summed E-state index contributed by atoms with van der Waals surface area (Å²) in [7, 11) is 1.65. The first-order valence-electron chi connectivity index (χ1n) is 4.45. The van der Waals surface area contributed by atoms with Crippen molar-refractivity contribution in [3.63, 3.8) is 0 Å². The van der Waals surface area contributed by atoms with E-state index >= 15 is 0 Å². The van der Waals surface area contributed by atoms with E-state index in [4.69, 9.17) is 5.11 Å². The first-order valence-corrected chi connectivity index (χ1v) is 6.32. The van der Waals surface area contributed by atoms with Crippen LogP contribution in [0.1, 0.15) is 12.6 Å². The van der Waals surface area contributed by atoms with Crippen LogP contribution < -0.4 is 5.32 Å². The molecule has 1 unspecified atom stereocenters. The molecule has 0 aliphatic heterocycles. The summed E-state index contributed by atoms with van der Waals surface area (Å²) < 4.78 is 0.912. The minimum absolute atomic E-state index is 0.464. The summed E-state index contributed by atoms with van der Waals surface area (Å²) in [6.45, 7) is 3.60. The largest absolute Gasteiger partial charge is 0.480 e. The van der Waals surface area contributed by atoms with Gasteiger partial charge in [0.2, 0.25) is 0 Å². The Labute approximate surface area is 97.1 Å². The van der Waals surface area contributed by atoms with E-state index < -0.39 is 11.5 Å². The van der Waals surface area contributed by atoms with Gasteiger partial charge in [-0.1, -0.05) is 11.8 Å². The van der Waals surface area contributed by atoms with Crippen molar-refractivity contribution in [1.29, 1.82) is 0 Å². The number of aryl methyl sites for hydroxylation is 1. The molecule has 0 aliphatic rings. The number of hydrogen-bond acceptors (Lipinski definition) is 5. The molecule has 0 bridgehead atoms. The van der Waals surface area contributed by atoms with Crippen molar-refractivity contribution in [2.45, 2.75) is 23.7 Å². The van der Waals surface area contributed by atoms with Gasteiger partial charge in [0, 0.05) is 16.8 Å². The standard InChI is InChI=1S/C9H14N2O2S2/c1-6-4-14-8(11-6)15-5-9(2,10-3)7(12)13/h4,10H,5H2,1-3H3,(H,12,13). The zero-order chi connectivity index (χ0) is 11.5. The SMILES string of the molecule is CNC(C)(CSc1nc(C)cs1)C(=O)O. The van der Waals surface area contributed by atoms with E-state index in [9.17, 15) is 4.79 Å². The number of likely N-dealkylation sites (N-methyl/N-ethyl adjacent to an activating group) is 1. The summed E-state index contributed by atoms with van der Waals surface area (Å²) in [4.78, 5) is 15.3. The molecule has 4 nitrogen and oxygen atoms in total. The molecule has 1 aromatic rings. The third kappa shape index (κ3) is 3.19. The van der Waals surface area contributed by atoms with Gasteiger partial charge in [-0.2, -0.15) is 0 Å². The predicted octanol–water partition coefficient (Wildman–Crippen LogP) is 1.61. The quantitative estimate of drug-likeness (QED) is 0.773. The van der Waals surface area contributed by atoms with E-state index in [1.54, 1.807) is 25.3 Å².